The average molecular weight is 412 g/mol. The van der Waals surface area contributed by atoms with Gasteiger partial charge in [0.1, 0.15) is 0 Å². The summed E-state index contributed by atoms with van der Waals surface area (Å²) in [6, 6.07) is 4.28. The van der Waals surface area contributed by atoms with Gasteiger partial charge in [0.15, 0.2) is 5.65 Å². The minimum atomic E-state index is -0.0563. The van der Waals surface area contributed by atoms with E-state index in [0.29, 0.717) is 23.5 Å². The molecule has 0 bridgehead atoms. The maximum atomic E-state index is 12.8. The van der Waals surface area contributed by atoms with Gasteiger partial charge in [0.2, 0.25) is 5.91 Å². The van der Waals surface area contributed by atoms with Crippen molar-refractivity contribution in [3.8, 4) is 0 Å². The Morgan fingerprint density at radius 1 is 1.17 bits per heavy atom. The van der Waals surface area contributed by atoms with Crippen LogP contribution in [0.15, 0.2) is 16.9 Å². The largest absolute Gasteiger partial charge is 0.334 e. The van der Waals surface area contributed by atoms with Crippen LogP contribution >= 0.6 is 0 Å². The Hall–Kier alpha value is -2.15. The number of rotatable bonds is 4. The first-order valence-electron chi connectivity index (χ1n) is 11.6. The molecule has 2 aromatic heterocycles. The minimum Gasteiger partial charge on any atom is -0.334 e. The number of piperidine rings is 1. The summed E-state index contributed by atoms with van der Waals surface area (Å²) in [5.74, 6) is 1.33. The van der Waals surface area contributed by atoms with Crippen LogP contribution in [0.25, 0.3) is 5.65 Å². The number of carbonyl (C=O) groups is 1. The third kappa shape index (κ3) is 3.47. The molecule has 3 aliphatic rings. The van der Waals surface area contributed by atoms with Gasteiger partial charge < -0.3 is 9.80 Å². The minimum absolute atomic E-state index is 0.0316. The number of amides is 1. The van der Waals surface area contributed by atoms with Crippen LogP contribution in [-0.2, 0) is 4.79 Å². The average Bonchev–Trinajstić information content (AvgIpc) is 3.12. The van der Waals surface area contributed by atoms with Crippen molar-refractivity contribution >= 4 is 11.6 Å². The molecule has 30 heavy (non-hydrogen) atoms. The van der Waals surface area contributed by atoms with Gasteiger partial charge in [0.25, 0.3) is 5.56 Å². The van der Waals surface area contributed by atoms with Gasteiger partial charge in [-0.15, -0.1) is 0 Å². The van der Waals surface area contributed by atoms with Crippen molar-refractivity contribution < 1.29 is 4.79 Å². The molecule has 3 fully saturated rings. The van der Waals surface area contributed by atoms with E-state index in [1.165, 1.54) is 0 Å². The molecule has 1 saturated carbocycles. The summed E-state index contributed by atoms with van der Waals surface area (Å²) in [5.41, 5.74) is 2.47. The van der Waals surface area contributed by atoms with E-state index < -0.39 is 0 Å². The van der Waals surface area contributed by atoms with E-state index in [4.69, 9.17) is 4.98 Å². The van der Waals surface area contributed by atoms with Crippen molar-refractivity contribution in [1.29, 1.82) is 0 Å². The summed E-state index contributed by atoms with van der Waals surface area (Å²) in [6.45, 7) is 9.54. The summed E-state index contributed by atoms with van der Waals surface area (Å²) >= 11 is 0. The highest BCUT2D eigenvalue weighted by Crippen LogP contribution is 2.43. The fourth-order valence-electron chi connectivity index (χ4n) is 5.35. The van der Waals surface area contributed by atoms with Crippen LogP contribution in [0.1, 0.15) is 76.2 Å². The number of aromatic nitrogens is 3. The lowest BCUT2D eigenvalue weighted by Crippen LogP contribution is -2.38. The van der Waals surface area contributed by atoms with Crippen molar-refractivity contribution in [2.24, 2.45) is 11.8 Å². The SMILES string of the molecule is CC(C)N1CCC(c2cc(=O)n3[nH]c([C@@H]4CCCN4C(=O)[C@@H]4C[C@H]4C)cc3n2)CC1. The molecule has 7 nitrogen and oxygen atoms in total. The molecule has 1 amide bonds. The summed E-state index contributed by atoms with van der Waals surface area (Å²) in [5, 5.41) is 3.25. The standard InChI is InChI=1S/C23H33N5O2/c1-14(2)26-9-6-16(7-10-26)18-13-22(29)28-21(24-18)12-19(25-28)20-5-4-8-27(20)23(30)17-11-15(17)3/h12-17,20,25H,4-11H2,1-3H3/t15-,17-,20+/m1/s1. The highest BCUT2D eigenvalue weighted by Gasteiger charge is 2.44. The third-order valence-corrected chi connectivity index (χ3v) is 7.49. The molecule has 0 unspecified atom stereocenters. The number of aromatic amines is 1. The van der Waals surface area contributed by atoms with Gasteiger partial charge in [-0.25, -0.2) is 9.50 Å². The summed E-state index contributed by atoms with van der Waals surface area (Å²) < 4.78 is 1.54. The van der Waals surface area contributed by atoms with Crippen molar-refractivity contribution in [2.75, 3.05) is 19.6 Å². The summed E-state index contributed by atoms with van der Waals surface area (Å²) in [6.07, 6.45) is 5.05. The molecule has 3 atom stereocenters. The monoisotopic (exact) mass is 411 g/mol. The fourth-order valence-corrected chi connectivity index (χ4v) is 5.35. The molecule has 1 N–H and O–H groups in total. The normalized spacial score (nSPS) is 28.0. The van der Waals surface area contributed by atoms with Crippen molar-refractivity contribution in [2.45, 2.75) is 70.9 Å². The second-order valence-corrected chi connectivity index (χ2v) is 9.84. The van der Waals surface area contributed by atoms with E-state index in [9.17, 15) is 9.59 Å². The number of hydrogen-bond acceptors (Lipinski definition) is 4. The molecule has 162 valence electrons. The number of likely N-dealkylation sites (tertiary alicyclic amines) is 2. The summed E-state index contributed by atoms with van der Waals surface area (Å²) in [4.78, 5) is 35.0. The molecule has 5 rings (SSSR count). The quantitative estimate of drug-likeness (QED) is 0.840. The van der Waals surface area contributed by atoms with Gasteiger partial charge in [-0.3, -0.25) is 14.7 Å². The molecule has 0 radical (unpaired) electrons. The maximum absolute atomic E-state index is 12.8. The molecule has 1 aliphatic carbocycles. The van der Waals surface area contributed by atoms with Crippen LogP contribution in [0.2, 0.25) is 0 Å². The predicted octanol–water partition coefficient (Wildman–Crippen LogP) is 2.93. The molecule has 2 saturated heterocycles. The Morgan fingerprint density at radius 2 is 1.90 bits per heavy atom. The first-order valence-corrected chi connectivity index (χ1v) is 11.6. The zero-order valence-corrected chi connectivity index (χ0v) is 18.3. The number of nitrogens with zero attached hydrogens (tertiary/aromatic N) is 4. The number of carbonyl (C=O) groups excluding carboxylic acids is 1. The Labute approximate surface area is 177 Å². The van der Waals surface area contributed by atoms with Crippen LogP contribution in [0.5, 0.6) is 0 Å². The first kappa shape index (κ1) is 19.8. The Kier molecular flexibility index (Phi) is 4.96. The van der Waals surface area contributed by atoms with Crippen LogP contribution in [0.3, 0.4) is 0 Å². The smallest absolute Gasteiger partial charge is 0.272 e. The van der Waals surface area contributed by atoms with E-state index in [0.717, 1.165) is 63.1 Å². The van der Waals surface area contributed by atoms with E-state index in [2.05, 4.69) is 30.8 Å². The first-order chi connectivity index (χ1) is 14.4. The third-order valence-electron chi connectivity index (χ3n) is 7.49. The topological polar surface area (TPSA) is 73.7 Å². The number of fused-ring (bicyclic) bond motifs is 1. The van der Waals surface area contributed by atoms with Crippen molar-refractivity contribution in [3.05, 3.63) is 33.9 Å². The molecular weight excluding hydrogens is 378 g/mol. The zero-order chi connectivity index (χ0) is 21.0. The molecular formula is C23H33N5O2. The Balaban J connectivity index is 1.39. The van der Waals surface area contributed by atoms with E-state index >= 15 is 0 Å². The van der Waals surface area contributed by atoms with Crippen molar-refractivity contribution in [1.82, 2.24) is 24.4 Å². The lowest BCUT2D eigenvalue weighted by Gasteiger charge is -2.34. The van der Waals surface area contributed by atoms with Gasteiger partial charge in [-0.05, 0) is 65.0 Å². The van der Waals surface area contributed by atoms with Crippen LogP contribution < -0.4 is 5.56 Å². The highest BCUT2D eigenvalue weighted by molar-refractivity contribution is 5.82. The van der Waals surface area contributed by atoms with Gasteiger partial charge in [-0.1, -0.05) is 6.92 Å². The van der Waals surface area contributed by atoms with Crippen LogP contribution in [0.4, 0.5) is 0 Å². The van der Waals surface area contributed by atoms with Crippen molar-refractivity contribution in [3.63, 3.8) is 0 Å². The number of hydrogen-bond donors (Lipinski definition) is 1. The van der Waals surface area contributed by atoms with Gasteiger partial charge in [0.05, 0.1) is 17.4 Å². The van der Waals surface area contributed by atoms with E-state index in [1.807, 2.05) is 11.0 Å². The number of nitrogens with one attached hydrogen (secondary N) is 1. The lowest BCUT2D eigenvalue weighted by molar-refractivity contribution is -0.133. The van der Waals surface area contributed by atoms with Crippen LogP contribution in [-0.4, -0.2) is 56.0 Å². The molecule has 4 heterocycles. The Bertz CT molecular complexity index is 1000. The Morgan fingerprint density at radius 3 is 2.57 bits per heavy atom. The molecule has 7 heteroatoms. The number of H-pyrrole nitrogens is 1. The van der Waals surface area contributed by atoms with Gasteiger partial charge in [-0.2, -0.15) is 0 Å². The second kappa shape index (κ2) is 7.52. The van der Waals surface area contributed by atoms with Gasteiger partial charge in [0, 0.05) is 36.6 Å². The van der Waals surface area contributed by atoms with Crippen LogP contribution in [0, 0.1) is 11.8 Å². The fraction of sp³-hybridized carbons (Fsp3) is 0.696. The predicted molar refractivity (Wildman–Crippen MR) is 115 cm³/mol. The second-order valence-electron chi connectivity index (χ2n) is 9.84. The van der Waals surface area contributed by atoms with E-state index in [1.54, 1.807) is 10.6 Å². The van der Waals surface area contributed by atoms with E-state index in [-0.39, 0.29) is 23.4 Å². The summed E-state index contributed by atoms with van der Waals surface area (Å²) in [7, 11) is 0. The highest BCUT2D eigenvalue weighted by atomic mass is 16.2. The zero-order valence-electron chi connectivity index (χ0n) is 18.3. The molecule has 2 aliphatic heterocycles. The lowest BCUT2D eigenvalue weighted by atomic mass is 9.92. The molecule has 0 aromatic carbocycles. The van der Waals surface area contributed by atoms with Gasteiger partial charge >= 0.3 is 0 Å². The maximum Gasteiger partial charge on any atom is 0.272 e. The molecule has 2 aromatic rings. The molecule has 0 spiro atoms.